The molecule has 84 valence electrons. The van der Waals surface area contributed by atoms with Crippen LogP contribution in [0.15, 0.2) is 45.7 Å². The summed E-state index contributed by atoms with van der Waals surface area (Å²) in [7, 11) is 0. The summed E-state index contributed by atoms with van der Waals surface area (Å²) in [6, 6.07) is 6.86. The third kappa shape index (κ3) is 2.44. The van der Waals surface area contributed by atoms with Gasteiger partial charge in [-0.1, -0.05) is 0 Å². The van der Waals surface area contributed by atoms with Crippen molar-refractivity contribution in [2.24, 2.45) is 0 Å². The van der Waals surface area contributed by atoms with Gasteiger partial charge < -0.3 is 9.73 Å². The molecule has 1 unspecified atom stereocenters. The van der Waals surface area contributed by atoms with Crippen molar-refractivity contribution >= 4 is 21.6 Å². The zero-order valence-electron chi connectivity index (χ0n) is 8.71. The number of furan rings is 1. The predicted octanol–water partition coefficient (Wildman–Crippen LogP) is 4.35. The molecule has 16 heavy (non-hydrogen) atoms. The first-order valence-corrected chi connectivity index (χ1v) is 5.70. The highest BCUT2D eigenvalue weighted by atomic mass is 79.9. The van der Waals surface area contributed by atoms with E-state index in [0.717, 1.165) is 11.3 Å². The van der Waals surface area contributed by atoms with Crippen LogP contribution in [0, 0.1) is 5.82 Å². The fraction of sp³-hybridized carbons (Fsp3) is 0.167. The summed E-state index contributed by atoms with van der Waals surface area (Å²) >= 11 is 3.15. The van der Waals surface area contributed by atoms with Crippen molar-refractivity contribution in [2.45, 2.75) is 13.0 Å². The van der Waals surface area contributed by atoms with Crippen molar-refractivity contribution in [1.82, 2.24) is 0 Å². The van der Waals surface area contributed by atoms with Crippen LogP contribution in [0.2, 0.25) is 0 Å². The zero-order chi connectivity index (χ0) is 11.5. The molecule has 1 atom stereocenters. The molecule has 1 aromatic carbocycles. The molecule has 0 aliphatic heterocycles. The second-order valence-electron chi connectivity index (χ2n) is 3.55. The molecule has 0 fully saturated rings. The summed E-state index contributed by atoms with van der Waals surface area (Å²) < 4.78 is 18.5. The highest BCUT2D eigenvalue weighted by molar-refractivity contribution is 9.10. The fourth-order valence-electron chi connectivity index (χ4n) is 1.44. The van der Waals surface area contributed by atoms with Gasteiger partial charge in [0.25, 0.3) is 0 Å². The zero-order valence-corrected chi connectivity index (χ0v) is 10.3. The second kappa shape index (κ2) is 4.70. The molecule has 0 radical (unpaired) electrons. The third-order valence-electron chi connectivity index (χ3n) is 2.35. The average molecular weight is 284 g/mol. The minimum absolute atomic E-state index is 0.121. The van der Waals surface area contributed by atoms with Crippen LogP contribution in [-0.2, 0) is 0 Å². The molecule has 1 heterocycles. The number of hydrogen-bond donors (Lipinski definition) is 1. The quantitative estimate of drug-likeness (QED) is 0.906. The molecule has 0 saturated carbocycles. The third-order valence-corrected chi connectivity index (χ3v) is 2.95. The van der Waals surface area contributed by atoms with Gasteiger partial charge >= 0.3 is 0 Å². The number of anilines is 1. The molecule has 0 amide bonds. The number of benzene rings is 1. The van der Waals surface area contributed by atoms with Gasteiger partial charge in [-0.05, 0) is 47.1 Å². The van der Waals surface area contributed by atoms with Crippen LogP contribution >= 0.6 is 15.9 Å². The Morgan fingerprint density at radius 3 is 2.81 bits per heavy atom. The summed E-state index contributed by atoms with van der Waals surface area (Å²) in [6.07, 6.45) is 3.32. The molecular weight excluding hydrogens is 273 g/mol. The van der Waals surface area contributed by atoms with E-state index in [4.69, 9.17) is 4.42 Å². The van der Waals surface area contributed by atoms with E-state index in [1.54, 1.807) is 24.7 Å². The largest absolute Gasteiger partial charge is 0.472 e. The highest BCUT2D eigenvalue weighted by Crippen LogP contribution is 2.24. The van der Waals surface area contributed by atoms with Crippen LogP contribution in [-0.4, -0.2) is 0 Å². The Hall–Kier alpha value is -1.29. The fourth-order valence-corrected chi connectivity index (χ4v) is 1.82. The minimum atomic E-state index is -0.262. The summed E-state index contributed by atoms with van der Waals surface area (Å²) in [5.41, 5.74) is 1.92. The van der Waals surface area contributed by atoms with Gasteiger partial charge in [0.15, 0.2) is 0 Å². The molecule has 0 bridgehead atoms. The number of hydrogen-bond acceptors (Lipinski definition) is 2. The van der Waals surface area contributed by atoms with E-state index < -0.39 is 0 Å². The normalized spacial score (nSPS) is 12.4. The smallest absolute Gasteiger partial charge is 0.137 e. The molecule has 1 N–H and O–H groups in total. The highest BCUT2D eigenvalue weighted by Gasteiger charge is 2.07. The van der Waals surface area contributed by atoms with Gasteiger partial charge in [0.1, 0.15) is 5.82 Å². The van der Waals surface area contributed by atoms with E-state index >= 15 is 0 Å². The van der Waals surface area contributed by atoms with Gasteiger partial charge in [-0.25, -0.2) is 4.39 Å². The Morgan fingerprint density at radius 1 is 1.38 bits per heavy atom. The maximum absolute atomic E-state index is 13.0. The number of halogens is 2. The molecule has 1 aromatic heterocycles. The van der Waals surface area contributed by atoms with Crippen LogP contribution < -0.4 is 5.32 Å². The van der Waals surface area contributed by atoms with E-state index in [1.807, 2.05) is 13.0 Å². The van der Waals surface area contributed by atoms with Crippen LogP contribution in [0.5, 0.6) is 0 Å². The molecule has 0 spiro atoms. The van der Waals surface area contributed by atoms with Gasteiger partial charge in [0.2, 0.25) is 0 Å². The lowest BCUT2D eigenvalue weighted by Gasteiger charge is -2.13. The summed E-state index contributed by atoms with van der Waals surface area (Å²) in [5, 5.41) is 3.26. The molecular formula is C12H11BrFNO. The molecule has 0 aliphatic rings. The number of nitrogens with one attached hydrogen (secondary N) is 1. The van der Waals surface area contributed by atoms with Gasteiger partial charge in [-0.3, -0.25) is 0 Å². The Labute approximate surface area is 102 Å². The van der Waals surface area contributed by atoms with Crippen molar-refractivity contribution in [3.8, 4) is 0 Å². The van der Waals surface area contributed by atoms with E-state index in [-0.39, 0.29) is 11.9 Å². The Bertz CT molecular complexity index is 470. The van der Waals surface area contributed by atoms with E-state index in [0.29, 0.717) is 4.47 Å². The number of rotatable bonds is 3. The van der Waals surface area contributed by atoms with E-state index in [1.165, 1.54) is 6.07 Å². The molecule has 0 aliphatic carbocycles. The minimum Gasteiger partial charge on any atom is -0.472 e. The van der Waals surface area contributed by atoms with Crippen molar-refractivity contribution in [2.75, 3.05) is 5.32 Å². The van der Waals surface area contributed by atoms with Crippen LogP contribution in [0.4, 0.5) is 10.1 Å². The van der Waals surface area contributed by atoms with Gasteiger partial charge in [-0.15, -0.1) is 0 Å². The van der Waals surface area contributed by atoms with Crippen LogP contribution in [0.3, 0.4) is 0 Å². The predicted molar refractivity (Wildman–Crippen MR) is 64.8 cm³/mol. The molecule has 2 rings (SSSR count). The van der Waals surface area contributed by atoms with Crippen molar-refractivity contribution in [3.05, 3.63) is 52.6 Å². The molecule has 2 nitrogen and oxygen atoms in total. The first-order valence-electron chi connectivity index (χ1n) is 4.90. The van der Waals surface area contributed by atoms with Crippen molar-refractivity contribution < 1.29 is 8.81 Å². The average Bonchev–Trinajstić information content (AvgIpc) is 2.77. The first-order chi connectivity index (χ1) is 7.66. The Morgan fingerprint density at radius 2 is 2.19 bits per heavy atom. The summed E-state index contributed by atoms with van der Waals surface area (Å²) in [4.78, 5) is 0. The lowest BCUT2D eigenvalue weighted by atomic mass is 10.1. The summed E-state index contributed by atoms with van der Waals surface area (Å²) in [5.74, 6) is -0.262. The molecule has 2 aromatic rings. The van der Waals surface area contributed by atoms with Gasteiger partial charge in [-0.2, -0.15) is 0 Å². The lowest BCUT2D eigenvalue weighted by Crippen LogP contribution is -2.05. The van der Waals surface area contributed by atoms with Crippen molar-refractivity contribution in [1.29, 1.82) is 0 Å². The van der Waals surface area contributed by atoms with Crippen LogP contribution in [0.25, 0.3) is 0 Å². The molecule has 0 saturated heterocycles. The maximum atomic E-state index is 13.0. The van der Waals surface area contributed by atoms with Gasteiger partial charge in [0.05, 0.1) is 23.0 Å². The van der Waals surface area contributed by atoms with E-state index in [9.17, 15) is 4.39 Å². The monoisotopic (exact) mass is 283 g/mol. The maximum Gasteiger partial charge on any atom is 0.137 e. The van der Waals surface area contributed by atoms with Gasteiger partial charge in [0, 0.05) is 11.3 Å². The lowest BCUT2D eigenvalue weighted by molar-refractivity contribution is 0.562. The van der Waals surface area contributed by atoms with Crippen molar-refractivity contribution in [3.63, 3.8) is 0 Å². The Balaban J connectivity index is 2.12. The summed E-state index contributed by atoms with van der Waals surface area (Å²) in [6.45, 7) is 2.02. The van der Waals surface area contributed by atoms with Crippen LogP contribution in [0.1, 0.15) is 18.5 Å². The van der Waals surface area contributed by atoms with E-state index in [2.05, 4.69) is 21.2 Å². The standard InChI is InChI=1S/C12H11BrFNO/c1-8(9-4-5-16-7-9)15-10-2-3-12(14)11(13)6-10/h2-8,15H,1H3. The Kier molecular flexibility index (Phi) is 3.29. The topological polar surface area (TPSA) is 25.2 Å². The molecule has 4 heteroatoms. The second-order valence-corrected chi connectivity index (χ2v) is 4.41. The SMILES string of the molecule is CC(Nc1ccc(F)c(Br)c1)c1ccoc1. The first kappa shape index (κ1) is 11.2.